The molecule has 3 heterocycles. The average Bonchev–Trinajstić information content (AvgIpc) is 3.41. The number of ether oxygens (including phenoxy) is 1. The first-order valence-corrected chi connectivity index (χ1v) is 13.9. The summed E-state index contributed by atoms with van der Waals surface area (Å²) >= 11 is 1.69. The van der Waals surface area contributed by atoms with Crippen LogP contribution in [-0.2, 0) is 4.79 Å². The van der Waals surface area contributed by atoms with Crippen LogP contribution in [0.3, 0.4) is 0 Å². The summed E-state index contributed by atoms with van der Waals surface area (Å²) in [5, 5.41) is 4.10. The molecule has 196 valence electrons. The number of benzene rings is 3. The molecular weight excluding hydrogens is 506 g/mol. The van der Waals surface area contributed by atoms with Crippen LogP contribution in [0.5, 0.6) is 5.75 Å². The number of aryl methyl sites for hydroxylation is 1. The van der Waals surface area contributed by atoms with Gasteiger partial charge in [-0.1, -0.05) is 6.07 Å². The molecule has 0 spiro atoms. The molecule has 6 rings (SSSR count). The van der Waals surface area contributed by atoms with Crippen molar-refractivity contribution in [1.29, 1.82) is 0 Å². The fourth-order valence-corrected chi connectivity index (χ4v) is 5.98. The number of rotatable bonds is 6. The molecule has 7 nitrogen and oxygen atoms in total. The Morgan fingerprint density at radius 1 is 0.949 bits per heavy atom. The normalized spacial score (nSPS) is 13.9. The highest BCUT2D eigenvalue weighted by Crippen LogP contribution is 2.32. The zero-order valence-electron chi connectivity index (χ0n) is 21.9. The van der Waals surface area contributed by atoms with E-state index in [4.69, 9.17) is 9.72 Å². The molecule has 1 fully saturated rings. The first-order valence-electron chi connectivity index (χ1n) is 13.1. The van der Waals surface area contributed by atoms with E-state index in [9.17, 15) is 4.79 Å². The van der Waals surface area contributed by atoms with Gasteiger partial charge in [0.15, 0.2) is 0 Å². The Morgan fingerprint density at radius 3 is 2.44 bits per heavy atom. The maximum Gasteiger partial charge on any atom is 0.227 e. The van der Waals surface area contributed by atoms with Gasteiger partial charge in [0, 0.05) is 41.9 Å². The number of anilines is 2. The van der Waals surface area contributed by atoms with Crippen LogP contribution in [0.4, 0.5) is 11.5 Å². The van der Waals surface area contributed by atoms with Crippen molar-refractivity contribution in [2.24, 2.45) is 5.92 Å². The quantitative estimate of drug-likeness (QED) is 0.264. The number of thiazole rings is 1. The summed E-state index contributed by atoms with van der Waals surface area (Å²) in [4.78, 5) is 29.0. The molecule has 0 bridgehead atoms. The molecule has 1 aliphatic rings. The Labute approximate surface area is 231 Å². The van der Waals surface area contributed by atoms with Crippen molar-refractivity contribution in [3.63, 3.8) is 0 Å². The molecule has 2 aromatic heterocycles. The van der Waals surface area contributed by atoms with Gasteiger partial charge in [-0.05, 0) is 86.0 Å². The lowest BCUT2D eigenvalue weighted by atomic mass is 9.95. The smallest absolute Gasteiger partial charge is 0.227 e. The van der Waals surface area contributed by atoms with Crippen LogP contribution in [0, 0.1) is 12.8 Å². The molecule has 5 aromatic rings. The number of carbonyl (C=O) groups is 1. The lowest BCUT2D eigenvalue weighted by Gasteiger charge is -2.32. The highest BCUT2D eigenvalue weighted by atomic mass is 32.1. The predicted octanol–water partition coefficient (Wildman–Crippen LogP) is 6.59. The molecule has 0 radical (unpaired) electrons. The standard InChI is InChI=1S/C31H29N5O2S/c1-20-3-12-26-28(17-20)39-31(35-26)23-4-8-24(9-5-23)34-30(37)22-13-15-36(16-14-22)29-18-27(32-19-33-29)21-6-10-25(38-2)11-7-21/h3-12,17-19,22H,13-16H2,1-2H3,(H,34,37). The Morgan fingerprint density at radius 2 is 1.69 bits per heavy atom. The number of fused-ring (bicyclic) bond motifs is 1. The van der Waals surface area contributed by atoms with Crippen LogP contribution in [0.2, 0.25) is 0 Å². The van der Waals surface area contributed by atoms with Crippen molar-refractivity contribution in [1.82, 2.24) is 15.0 Å². The van der Waals surface area contributed by atoms with Crippen LogP contribution in [-0.4, -0.2) is 41.1 Å². The molecule has 39 heavy (non-hydrogen) atoms. The van der Waals surface area contributed by atoms with Crippen molar-refractivity contribution in [2.45, 2.75) is 19.8 Å². The number of aromatic nitrogens is 3. The fourth-order valence-electron chi connectivity index (χ4n) is 4.91. The second-order valence-corrected chi connectivity index (χ2v) is 10.8. The first kappa shape index (κ1) is 25.0. The van der Waals surface area contributed by atoms with Gasteiger partial charge in [0.1, 0.15) is 22.9 Å². The largest absolute Gasteiger partial charge is 0.497 e. The maximum absolute atomic E-state index is 13.0. The van der Waals surface area contributed by atoms with Gasteiger partial charge in [-0.3, -0.25) is 4.79 Å². The number of hydrogen-bond acceptors (Lipinski definition) is 7. The van der Waals surface area contributed by atoms with Gasteiger partial charge in [-0.15, -0.1) is 11.3 Å². The Balaban J connectivity index is 1.06. The SMILES string of the molecule is COc1ccc(-c2cc(N3CCC(C(=O)Nc4ccc(-c5nc6ccc(C)cc6s5)cc4)CC3)ncn2)cc1. The molecule has 3 aromatic carbocycles. The van der Waals surface area contributed by atoms with Crippen LogP contribution in [0.1, 0.15) is 18.4 Å². The summed E-state index contributed by atoms with van der Waals surface area (Å²) in [7, 11) is 1.66. The second-order valence-electron chi connectivity index (χ2n) is 9.81. The van der Waals surface area contributed by atoms with E-state index in [1.807, 2.05) is 54.6 Å². The van der Waals surface area contributed by atoms with Crippen molar-refractivity contribution < 1.29 is 9.53 Å². The number of methoxy groups -OCH3 is 1. The number of piperidine rings is 1. The van der Waals surface area contributed by atoms with Crippen LogP contribution in [0.15, 0.2) is 79.1 Å². The Kier molecular flexibility index (Phi) is 6.94. The highest BCUT2D eigenvalue weighted by Gasteiger charge is 2.26. The topological polar surface area (TPSA) is 80.2 Å². The van der Waals surface area contributed by atoms with Crippen molar-refractivity contribution in [3.05, 3.63) is 84.7 Å². The minimum atomic E-state index is -0.0312. The molecule has 0 atom stereocenters. The van der Waals surface area contributed by atoms with Crippen molar-refractivity contribution in [3.8, 4) is 27.6 Å². The van der Waals surface area contributed by atoms with E-state index in [1.54, 1.807) is 24.8 Å². The van der Waals surface area contributed by atoms with E-state index in [-0.39, 0.29) is 11.8 Å². The number of hydrogen-bond donors (Lipinski definition) is 1. The number of nitrogens with zero attached hydrogens (tertiary/aromatic N) is 4. The molecule has 0 saturated carbocycles. The zero-order valence-corrected chi connectivity index (χ0v) is 22.7. The molecule has 8 heteroatoms. The third kappa shape index (κ3) is 5.47. The lowest BCUT2D eigenvalue weighted by molar-refractivity contribution is -0.120. The molecule has 0 aliphatic carbocycles. The van der Waals surface area contributed by atoms with Crippen LogP contribution in [0.25, 0.3) is 32.0 Å². The fraction of sp³-hybridized carbons (Fsp3) is 0.226. The Hall–Kier alpha value is -4.30. The molecule has 0 unspecified atom stereocenters. The number of nitrogens with one attached hydrogen (secondary N) is 1. The molecule has 1 aliphatic heterocycles. The van der Waals surface area contributed by atoms with Gasteiger partial charge in [0.05, 0.1) is 23.0 Å². The van der Waals surface area contributed by atoms with Crippen LogP contribution >= 0.6 is 11.3 Å². The van der Waals surface area contributed by atoms with Gasteiger partial charge in [0.25, 0.3) is 0 Å². The van der Waals surface area contributed by atoms with E-state index in [1.165, 1.54) is 10.3 Å². The summed E-state index contributed by atoms with van der Waals surface area (Å²) in [5.41, 5.74) is 5.99. The predicted molar refractivity (Wildman–Crippen MR) is 157 cm³/mol. The van der Waals surface area contributed by atoms with Gasteiger partial charge >= 0.3 is 0 Å². The monoisotopic (exact) mass is 535 g/mol. The summed E-state index contributed by atoms with van der Waals surface area (Å²) in [5.74, 6) is 1.73. The van der Waals surface area contributed by atoms with Gasteiger partial charge in [0.2, 0.25) is 5.91 Å². The second kappa shape index (κ2) is 10.8. The molecule has 1 saturated heterocycles. The van der Waals surface area contributed by atoms with Crippen LogP contribution < -0.4 is 15.0 Å². The zero-order chi connectivity index (χ0) is 26.8. The maximum atomic E-state index is 13.0. The Bertz CT molecular complexity index is 1610. The summed E-state index contributed by atoms with van der Waals surface area (Å²) in [6.07, 6.45) is 3.15. The summed E-state index contributed by atoms with van der Waals surface area (Å²) in [6, 6.07) is 24.1. The van der Waals surface area contributed by atoms with E-state index >= 15 is 0 Å². The third-order valence-corrected chi connectivity index (χ3v) is 8.24. The number of carbonyl (C=O) groups excluding carboxylic acids is 1. The van der Waals surface area contributed by atoms with Crippen molar-refractivity contribution in [2.75, 3.05) is 30.4 Å². The molecular formula is C31H29N5O2S. The summed E-state index contributed by atoms with van der Waals surface area (Å²) in [6.45, 7) is 3.64. The van der Waals surface area contributed by atoms with Gasteiger partial charge < -0.3 is 15.0 Å². The molecule has 1 N–H and O–H groups in total. The van der Waals surface area contributed by atoms with Gasteiger partial charge in [-0.2, -0.15) is 0 Å². The third-order valence-electron chi connectivity index (χ3n) is 7.17. The number of amides is 1. The van der Waals surface area contributed by atoms with E-state index in [0.29, 0.717) is 0 Å². The first-order chi connectivity index (χ1) is 19.1. The van der Waals surface area contributed by atoms with Crippen molar-refractivity contribution >= 4 is 39.0 Å². The van der Waals surface area contributed by atoms with E-state index < -0.39 is 0 Å². The minimum Gasteiger partial charge on any atom is -0.497 e. The minimum absolute atomic E-state index is 0.0312. The summed E-state index contributed by atoms with van der Waals surface area (Å²) < 4.78 is 6.44. The highest BCUT2D eigenvalue weighted by molar-refractivity contribution is 7.21. The van der Waals surface area contributed by atoms with E-state index in [0.717, 1.165) is 70.5 Å². The van der Waals surface area contributed by atoms with Gasteiger partial charge in [-0.25, -0.2) is 15.0 Å². The molecule has 1 amide bonds. The lowest BCUT2D eigenvalue weighted by Crippen LogP contribution is -2.38. The average molecular weight is 536 g/mol. The van der Waals surface area contributed by atoms with E-state index in [2.05, 4.69) is 45.3 Å².